The van der Waals surface area contributed by atoms with Gasteiger partial charge in [0.05, 0.1) is 43.1 Å². The van der Waals surface area contributed by atoms with E-state index in [9.17, 15) is 4.79 Å². The van der Waals surface area contributed by atoms with Crippen LogP contribution in [0.15, 0.2) is 66.7 Å². The number of anilines is 2. The third-order valence-corrected chi connectivity index (χ3v) is 10.2. The molecule has 1 amide bonds. The van der Waals surface area contributed by atoms with Crippen molar-refractivity contribution >= 4 is 28.6 Å². The van der Waals surface area contributed by atoms with E-state index in [4.69, 9.17) is 14.2 Å². The summed E-state index contributed by atoms with van der Waals surface area (Å²) >= 11 is 0. The highest BCUT2D eigenvalue weighted by Crippen LogP contribution is 2.44. The molecule has 15 heteroatoms. The Bertz CT molecular complexity index is 2220. The Balaban J connectivity index is 1.31. The van der Waals surface area contributed by atoms with E-state index < -0.39 is 46.4 Å². The van der Waals surface area contributed by atoms with Gasteiger partial charge in [-0.2, -0.15) is 27.5 Å². The molecule has 10 nitrogen and oxygen atoms in total. The zero-order valence-corrected chi connectivity index (χ0v) is 32.5. The Labute approximate surface area is 327 Å². The molecule has 2 fully saturated rings. The fourth-order valence-electron chi connectivity index (χ4n) is 7.65. The van der Waals surface area contributed by atoms with E-state index in [-0.39, 0.29) is 47.9 Å². The monoisotopic (exact) mass is 790 g/mol. The topological polar surface area (TPSA) is 93.2 Å². The molecule has 0 spiro atoms. The van der Waals surface area contributed by atoms with Crippen LogP contribution in [0, 0.1) is 18.8 Å². The number of carbonyl (C=O) groups excluding carboxylic acids is 1. The Kier molecular flexibility index (Phi) is 10.6. The highest BCUT2D eigenvalue weighted by atomic mass is 19.4. The van der Waals surface area contributed by atoms with Crippen LogP contribution < -0.4 is 19.3 Å². The number of aromatic nitrogens is 3. The Hall–Kier alpha value is -5.73. The van der Waals surface area contributed by atoms with Gasteiger partial charge in [0.2, 0.25) is 0 Å². The van der Waals surface area contributed by atoms with E-state index in [1.807, 2.05) is 29.2 Å². The molecule has 3 aromatic carbocycles. The second kappa shape index (κ2) is 15.3. The number of nitrogens with zero attached hydrogens (tertiary/aromatic N) is 6. The lowest BCUT2D eigenvalue weighted by Gasteiger charge is -2.42. The second-order valence-corrected chi connectivity index (χ2v) is 15.4. The van der Waals surface area contributed by atoms with Crippen LogP contribution in [0.25, 0.3) is 22.2 Å². The SMILES string of the molecule is COc1ccc(CN(Cc2ccc(OC)cc2)c2cc(C)cc(-c3c(C(F)(F)F)cc4c(N5CC6CCC(C5)N6C(=O)OC(C)(C)C)nc(F)nc4c3F)n2)cc1. The summed E-state index contributed by atoms with van der Waals surface area (Å²) in [5.74, 6) is 0.0384. The predicted molar refractivity (Wildman–Crippen MR) is 205 cm³/mol. The fourth-order valence-corrected chi connectivity index (χ4v) is 7.65. The molecule has 7 rings (SSSR count). The number of piperazine rings is 1. The fraction of sp³-hybridized carbons (Fsp3) is 0.381. The summed E-state index contributed by atoms with van der Waals surface area (Å²) in [5, 5.41) is -0.302. The zero-order chi connectivity index (χ0) is 40.8. The van der Waals surface area contributed by atoms with Crippen LogP contribution >= 0.6 is 0 Å². The van der Waals surface area contributed by atoms with E-state index in [2.05, 4.69) is 15.0 Å². The lowest BCUT2D eigenvalue weighted by molar-refractivity contribution is -0.137. The third kappa shape index (κ3) is 8.37. The molecule has 0 N–H and O–H groups in total. The van der Waals surface area contributed by atoms with Crippen molar-refractivity contribution in [1.82, 2.24) is 19.9 Å². The number of ether oxygens (including phenoxy) is 3. The number of benzene rings is 3. The lowest BCUT2D eigenvalue weighted by Crippen LogP contribution is -2.57. The van der Waals surface area contributed by atoms with Crippen LogP contribution in [-0.4, -0.2) is 70.9 Å². The Morgan fingerprint density at radius 2 is 1.39 bits per heavy atom. The standard InChI is InChI=1S/C42H43F5N6O4/c1-24-17-33(48-34(18-24)51(20-25-7-13-29(55-5)14-8-25)21-26-9-15-30(56-6)16-10-26)35-32(42(45,46)47)19-31-37(36(35)43)49-39(44)50-38(31)52-22-27-11-12-28(23-52)53(27)40(54)57-41(2,3)4/h7-10,13-19,27-28H,11-12,20-23H2,1-6H3. The summed E-state index contributed by atoms with van der Waals surface area (Å²) in [7, 11) is 3.12. The van der Waals surface area contributed by atoms with Gasteiger partial charge in [-0.15, -0.1) is 0 Å². The summed E-state index contributed by atoms with van der Waals surface area (Å²) in [6.07, 6.45) is -5.64. The zero-order valence-electron chi connectivity index (χ0n) is 32.5. The number of carbonyl (C=O) groups is 1. The molecule has 2 unspecified atom stereocenters. The van der Waals surface area contributed by atoms with Gasteiger partial charge in [-0.05, 0) is 99.7 Å². The largest absolute Gasteiger partial charge is 0.497 e. The highest BCUT2D eigenvalue weighted by Gasteiger charge is 2.45. The minimum Gasteiger partial charge on any atom is -0.497 e. The Morgan fingerprint density at radius 3 is 1.89 bits per heavy atom. The van der Waals surface area contributed by atoms with Gasteiger partial charge in [0.25, 0.3) is 0 Å². The van der Waals surface area contributed by atoms with Crippen molar-refractivity contribution in [3.8, 4) is 22.8 Å². The van der Waals surface area contributed by atoms with Crippen molar-refractivity contribution in [3.05, 3.63) is 101 Å². The minimum atomic E-state index is -5.05. The first-order chi connectivity index (χ1) is 27.0. The van der Waals surface area contributed by atoms with E-state index in [1.54, 1.807) is 82.0 Å². The van der Waals surface area contributed by atoms with Gasteiger partial charge in [0.1, 0.15) is 34.3 Å². The van der Waals surface area contributed by atoms with E-state index in [0.717, 1.165) is 17.2 Å². The molecule has 2 aliphatic heterocycles. The van der Waals surface area contributed by atoms with E-state index >= 15 is 22.0 Å². The molecule has 0 radical (unpaired) electrons. The van der Waals surface area contributed by atoms with E-state index in [0.29, 0.717) is 43.0 Å². The molecule has 0 saturated carbocycles. The van der Waals surface area contributed by atoms with Crippen LogP contribution in [0.4, 0.5) is 38.4 Å². The lowest BCUT2D eigenvalue weighted by atomic mass is 9.98. The van der Waals surface area contributed by atoms with Gasteiger partial charge < -0.3 is 24.0 Å². The number of aryl methyl sites for hydroxylation is 1. The summed E-state index contributed by atoms with van der Waals surface area (Å²) < 4.78 is 93.9. The number of hydrogen-bond acceptors (Lipinski definition) is 9. The minimum absolute atomic E-state index is 0.132. The molecular formula is C42H43F5N6O4. The van der Waals surface area contributed by atoms with Crippen molar-refractivity contribution in [1.29, 1.82) is 0 Å². The smallest absolute Gasteiger partial charge is 0.417 e. The number of halogens is 5. The van der Waals surface area contributed by atoms with Crippen molar-refractivity contribution in [2.45, 2.75) is 77.5 Å². The van der Waals surface area contributed by atoms with Crippen LogP contribution in [-0.2, 0) is 24.0 Å². The molecular weight excluding hydrogens is 747 g/mol. The molecule has 2 aliphatic rings. The molecule has 2 atom stereocenters. The van der Waals surface area contributed by atoms with Crippen molar-refractivity contribution < 1.29 is 41.0 Å². The Morgan fingerprint density at radius 1 is 0.825 bits per heavy atom. The van der Waals surface area contributed by atoms with Crippen molar-refractivity contribution in [2.24, 2.45) is 0 Å². The first kappa shape index (κ1) is 39.5. The molecule has 2 bridgehead atoms. The molecule has 0 aliphatic carbocycles. The van der Waals surface area contributed by atoms with Crippen molar-refractivity contribution in [3.63, 3.8) is 0 Å². The van der Waals surface area contributed by atoms with Gasteiger partial charge >= 0.3 is 18.3 Å². The van der Waals surface area contributed by atoms with Gasteiger partial charge in [-0.25, -0.2) is 14.2 Å². The highest BCUT2D eigenvalue weighted by molar-refractivity contribution is 5.94. The average molecular weight is 791 g/mol. The third-order valence-electron chi connectivity index (χ3n) is 10.2. The van der Waals surface area contributed by atoms with E-state index in [1.165, 1.54) is 6.07 Å². The van der Waals surface area contributed by atoms with Crippen molar-refractivity contribution in [2.75, 3.05) is 37.1 Å². The van der Waals surface area contributed by atoms with Gasteiger partial charge in [0.15, 0.2) is 5.82 Å². The van der Waals surface area contributed by atoms with Gasteiger partial charge in [-0.1, -0.05) is 24.3 Å². The molecule has 5 aromatic rings. The molecule has 2 saturated heterocycles. The average Bonchev–Trinajstić information content (AvgIpc) is 3.43. The van der Waals surface area contributed by atoms with Crippen LogP contribution in [0.3, 0.4) is 0 Å². The normalized spacial score (nSPS) is 16.9. The maximum atomic E-state index is 16.9. The summed E-state index contributed by atoms with van der Waals surface area (Å²) in [4.78, 5) is 30.5. The molecule has 57 heavy (non-hydrogen) atoms. The molecule has 2 aromatic heterocycles. The maximum Gasteiger partial charge on any atom is 0.417 e. The number of methoxy groups -OCH3 is 2. The maximum absolute atomic E-state index is 16.9. The number of amides is 1. The number of alkyl halides is 3. The summed E-state index contributed by atoms with van der Waals surface area (Å²) in [6, 6.07) is 17.8. The van der Waals surface area contributed by atoms with Crippen LogP contribution in [0.2, 0.25) is 0 Å². The number of fused-ring (bicyclic) bond motifs is 3. The molecule has 300 valence electrons. The summed E-state index contributed by atoms with van der Waals surface area (Å²) in [5.41, 5.74) is -1.56. The number of rotatable bonds is 9. The second-order valence-electron chi connectivity index (χ2n) is 15.4. The van der Waals surface area contributed by atoms with Gasteiger partial charge in [0, 0.05) is 31.6 Å². The number of pyridine rings is 1. The van der Waals surface area contributed by atoms with Crippen LogP contribution in [0.5, 0.6) is 11.5 Å². The first-order valence-corrected chi connectivity index (χ1v) is 18.5. The van der Waals surface area contributed by atoms with Crippen LogP contribution in [0.1, 0.15) is 55.9 Å². The molecule has 4 heterocycles. The number of hydrogen-bond donors (Lipinski definition) is 0. The predicted octanol–water partition coefficient (Wildman–Crippen LogP) is 9.11. The summed E-state index contributed by atoms with van der Waals surface area (Å²) in [6.45, 7) is 7.81. The van der Waals surface area contributed by atoms with Gasteiger partial charge in [-0.3, -0.25) is 4.90 Å². The quantitative estimate of drug-likeness (QED) is 0.107. The first-order valence-electron chi connectivity index (χ1n) is 18.5.